The zero-order valence-corrected chi connectivity index (χ0v) is 14.5. The van der Waals surface area contributed by atoms with E-state index in [-0.39, 0.29) is 36.9 Å². The fraction of sp³-hybridized carbons (Fsp3) is 0.500. The number of benzene rings is 1. The summed E-state index contributed by atoms with van der Waals surface area (Å²) in [7, 11) is 0. The van der Waals surface area contributed by atoms with E-state index >= 15 is 0 Å². The number of carboxylic acid groups (broad SMARTS) is 1. The summed E-state index contributed by atoms with van der Waals surface area (Å²) >= 11 is 0. The first-order valence-electron chi connectivity index (χ1n) is 8.67. The van der Waals surface area contributed by atoms with Crippen LogP contribution in [0.2, 0.25) is 0 Å². The number of nitrogens with zero attached hydrogens (tertiary/aromatic N) is 2. The quantitative estimate of drug-likeness (QED) is 0.744. The average molecular weight is 361 g/mol. The van der Waals surface area contributed by atoms with Crippen LogP contribution in [-0.2, 0) is 14.3 Å². The summed E-state index contributed by atoms with van der Waals surface area (Å²) in [5.74, 6) is -1.28. The van der Waals surface area contributed by atoms with Crippen LogP contribution in [0.15, 0.2) is 30.3 Å². The van der Waals surface area contributed by atoms with Crippen LogP contribution in [0.25, 0.3) is 0 Å². The first-order chi connectivity index (χ1) is 12.5. The number of rotatable bonds is 5. The standard InChI is InChI=1S/C18H23N3O5/c22-16(6-19-18(25)14-4-2-1-3-5-14)21-8-13-7-20(10-17(23)24)9-15(21)12-26-11-13/h1-5,13,15H,6-12H2,(H,19,25)(H,23,24)/t13-,15-/m0/s1. The Bertz CT molecular complexity index is 666. The number of amides is 2. The van der Waals surface area contributed by atoms with Gasteiger partial charge in [-0.15, -0.1) is 0 Å². The summed E-state index contributed by atoms with van der Waals surface area (Å²) in [4.78, 5) is 39.4. The van der Waals surface area contributed by atoms with Crippen molar-refractivity contribution in [3.05, 3.63) is 35.9 Å². The molecule has 2 heterocycles. The van der Waals surface area contributed by atoms with Gasteiger partial charge in [0, 0.05) is 31.1 Å². The highest BCUT2D eigenvalue weighted by atomic mass is 16.5. The minimum Gasteiger partial charge on any atom is -0.480 e. The Labute approximate surface area is 151 Å². The van der Waals surface area contributed by atoms with Gasteiger partial charge in [-0.2, -0.15) is 0 Å². The van der Waals surface area contributed by atoms with E-state index < -0.39 is 5.97 Å². The fourth-order valence-corrected chi connectivity index (χ4v) is 3.51. The monoisotopic (exact) mass is 361 g/mol. The lowest BCUT2D eigenvalue weighted by atomic mass is 10.1. The highest BCUT2D eigenvalue weighted by Gasteiger charge is 2.36. The molecule has 0 saturated carbocycles. The van der Waals surface area contributed by atoms with Crippen LogP contribution < -0.4 is 5.32 Å². The molecule has 0 aliphatic carbocycles. The molecule has 140 valence electrons. The van der Waals surface area contributed by atoms with Gasteiger partial charge in [0.1, 0.15) is 0 Å². The summed E-state index contributed by atoms with van der Waals surface area (Å²) in [6.45, 7) is 2.32. The molecule has 0 radical (unpaired) electrons. The first kappa shape index (κ1) is 18.3. The van der Waals surface area contributed by atoms with Crippen molar-refractivity contribution in [1.29, 1.82) is 0 Å². The molecule has 3 rings (SSSR count). The molecule has 2 aliphatic heterocycles. The molecule has 0 aromatic heterocycles. The number of carboxylic acids is 1. The van der Waals surface area contributed by atoms with Crippen molar-refractivity contribution in [3.8, 4) is 0 Å². The lowest BCUT2D eigenvalue weighted by Gasteiger charge is -2.30. The van der Waals surface area contributed by atoms with Gasteiger partial charge in [-0.25, -0.2) is 0 Å². The van der Waals surface area contributed by atoms with Crippen LogP contribution in [-0.4, -0.2) is 84.7 Å². The van der Waals surface area contributed by atoms with Crippen LogP contribution in [0.5, 0.6) is 0 Å². The number of carbonyl (C=O) groups excluding carboxylic acids is 2. The van der Waals surface area contributed by atoms with Gasteiger partial charge in [0.05, 0.1) is 32.3 Å². The third kappa shape index (κ3) is 4.59. The van der Waals surface area contributed by atoms with Crippen molar-refractivity contribution in [2.45, 2.75) is 6.04 Å². The van der Waals surface area contributed by atoms with Crippen molar-refractivity contribution < 1.29 is 24.2 Å². The maximum atomic E-state index is 12.7. The molecule has 2 amide bonds. The van der Waals surface area contributed by atoms with Crippen molar-refractivity contribution in [1.82, 2.24) is 15.1 Å². The highest BCUT2D eigenvalue weighted by Crippen LogP contribution is 2.19. The topological polar surface area (TPSA) is 99.2 Å². The zero-order chi connectivity index (χ0) is 18.5. The van der Waals surface area contributed by atoms with Gasteiger partial charge in [0.2, 0.25) is 5.91 Å². The van der Waals surface area contributed by atoms with Crippen molar-refractivity contribution in [2.24, 2.45) is 5.92 Å². The van der Waals surface area contributed by atoms with E-state index in [1.54, 1.807) is 29.2 Å². The van der Waals surface area contributed by atoms with E-state index in [1.165, 1.54) is 0 Å². The summed E-state index contributed by atoms with van der Waals surface area (Å²) in [5.41, 5.74) is 0.505. The highest BCUT2D eigenvalue weighted by molar-refractivity contribution is 5.96. The molecule has 2 saturated heterocycles. The summed E-state index contributed by atoms with van der Waals surface area (Å²) in [5, 5.41) is 11.7. The van der Waals surface area contributed by atoms with Crippen LogP contribution in [0.1, 0.15) is 10.4 Å². The summed E-state index contributed by atoms with van der Waals surface area (Å²) < 4.78 is 5.63. The largest absolute Gasteiger partial charge is 0.480 e. The van der Waals surface area contributed by atoms with Gasteiger partial charge in [-0.1, -0.05) is 18.2 Å². The van der Waals surface area contributed by atoms with E-state index in [0.717, 1.165) is 0 Å². The Balaban J connectivity index is 1.61. The van der Waals surface area contributed by atoms with E-state index in [1.807, 2.05) is 11.0 Å². The molecular weight excluding hydrogens is 338 g/mol. The molecule has 2 atom stereocenters. The Morgan fingerprint density at radius 3 is 2.62 bits per heavy atom. The summed E-state index contributed by atoms with van der Waals surface area (Å²) in [6.07, 6.45) is 0. The molecule has 2 N–H and O–H groups in total. The lowest BCUT2D eigenvalue weighted by molar-refractivity contribution is -0.138. The van der Waals surface area contributed by atoms with Crippen molar-refractivity contribution in [3.63, 3.8) is 0 Å². The number of aliphatic carboxylic acids is 1. The fourth-order valence-electron chi connectivity index (χ4n) is 3.51. The molecule has 0 unspecified atom stereocenters. The lowest BCUT2D eigenvalue weighted by Crippen LogP contribution is -2.50. The normalized spacial score (nSPS) is 23.2. The Hall–Kier alpha value is -2.45. The minimum absolute atomic E-state index is 0.0419. The second-order valence-electron chi connectivity index (χ2n) is 6.74. The van der Waals surface area contributed by atoms with E-state index in [4.69, 9.17) is 9.84 Å². The number of carbonyl (C=O) groups is 3. The van der Waals surface area contributed by atoms with Gasteiger partial charge < -0.3 is 20.1 Å². The molecule has 8 heteroatoms. The molecule has 2 aliphatic rings. The third-order valence-electron chi connectivity index (χ3n) is 4.66. The molecule has 2 fully saturated rings. The second kappa shape index (κ2) is 8.29. The van der Waals surface area contributed by atoms with Gasteiger partial charge in [0.25, 0.3) is 5.91 Å². The molecule has 8 nitrogen and oxygen atoms in total. The minimum atomic E-state index is -0.876. The number of fused-ring (bicyclic) bond motifs is 3. The predicted molar refractivity (Wildman–Crippen MR) is 92.7 cm³/mol. The van der Waals surface area contributed by atoms with Gasteiger partial charge in [-0.05, 0) is 12.1 Å². The molecule has 0 spiro atoms. The van der Waals surface area contributed by atoms with Gasteiger partial charge in [-0.3, -0.25) is 19.3 Å². The SMILES string of the molecule is O=C(O)CN1C[C@@H]2COC[C@H](C1)N(C(=O)CNC(=O)c1ccccc1)C2. The Morgan fingerprint density at radius 1 is 1.12 bits per heavy atom. The smallest absolute Gasteiger partial charge is 0.317 e. The number of hydrogen-bond acceptors (Lipinski definition) is 5. The number of ether oxygens (including phenoxy) is 1. The van der Waals surface area contributed by atoms with Gasteiger partial charge >= 0.3 is 5.97 Å². The van der Waals surface area contributed by atoms with E-state index in [9.17, 15) is 14.4 Å². The van der Waals surface area contributed by atoms with Gasteiger partial charge in [0.15, 0.2) is 0 Å². The summed E-state index contributed by atoms with van der Waals surface area (Å²) in [6, 6.07) is 8.53. The third-order valence-corrected chi connectivity index (χ3v) is 4.66. The molecule has 2 bridgehead atoms. The van der Waals surface area contributed by atoms with E-state index in [2.05, 4.69) is 5.32 Å². The number of hydrogen-bond donors (Lipinski definition) is 2. The average Bonchev–Trinajstić information content (AvgIpc) is 2.90. The first-order valence-corrected chi connectivity index (χ1v) is 8.67. The predicted octanol–water partition coefficient (Wildman–Crippen LogP) is -0.340. The van der Waals surface area contributed by atoms with Crippen molar-refractivity contribution >= 4 is 17.8 Å². The van der Waals surface area contributed by atoms with Crippen LogP contribution in [0, 0.1) is 5.92 Å². The van der Waals surface area contributed by atoms with Crippen LogP contribution >= 0.6 is 0 Å². The Kier molecular flexibility index (Phi) is 5.85. The molecule has 26 heavy (non-hydrogen) atoms. The number of nitrogens with one attached hydrogen (secondary N) is 1. The Morgan fingerprint density at radius 2 is 1.88 bits per heavy atom. The molecular formula is C18H23N3O5. The maximum absolute atomic E-state index is 12.7. The second-order valence-corrected chi connectivity index (χ2v) is 6.74. The molecule has 1 aromatic carbocycles. The van der Waals surface area contributed by atoms with Crippen LogP contribution in [0.3, 0.4) is 0 Å². The zero-order valence-electron chi connectivity index (χ0n) is 14.5. The van der Waals surface area contributed by atoms with E-state index in [0.29, 0.717) is 38.4 Å². The van der Waals surface area contributed by atoms with Crippen LogP contribution in [0.4, 0.5) is 0 Å². The maximum Gasteiger partial charge on any atom is 0.317 e. The molecule has 1 aromatic rings. The van der Waals surface area contributed by atoms with Crippen molar-refractivity contribution in [2.75, 3.05) is 45.9 Å².